The van der Waals surface area contributed by atoms with E-state index in [1.54, 1.807) is 7.11 Å². The quantitative estimate of drug-likeness (QED) is 0.138. The number of hydrogen-bond donors (Lipinski definition) is 0. The molecule has 36 heavy (non-hydrogen) atoms. The predicted molar refractivity (Wildman–Crippen MR) is 129 cm³/mol. The minimum absolute atomic E-state index is 0.0253. The van der Waals surface area contributed by atoms with Gasteiger partial charge >= 0.3 is 23.9 Å². The Labute approximate surface area is 212 Å². The van der Waals surface area contributed by atoms with Crippen LogP contribution in [0.15, 0.2) is 30.3 Å². The van der Waals surface area contributed by atoms with E-state index in [0.717, 1.165) is 5.56 Å². The molecule has 1 aromatic carbocycles. The van der Waals surface area contributed by atoms with E-state index in [1.807, 2.05) is 30.3 Å². The van der Waals surface area contributed by atoms with Crippen molar-refractivity contribution in [1.29, 1.82) is 0 Å². The summed E-state index contributed by atoms with van der Waals surface area (Å²) >= 11 is 0. The van der Waals surface area contributed by atoms with Crippen molar-refractivity contribution >= 4 is 23.9 Å². The molecule has 0 saturated heterocycles. The van der Waals surface area contributed by atoms with Crippen LogP contribution in [0, 0.1) is 0 Å². The van der Waals surface area contributed by atoms with E-state index >= 15 is 0 Å². The third-order valence-corrected chi connectivity index (χ3v) is 4.80. The number of carbonyl (C=O) groups is 4. The monoisotopic (exact) mass is 510 g/mol. The molecule has 0 aliphatic carbocycles. The van der Waals surface area contributed by atoms with Gasteiger partial charge in [-0.3, -0.25) is 19.2 Å². The van der Waals surface area contributed by atoms with Crippen LogP contribution in [0.3, 0.4) is 0 Å². The van der Waals surface area contributed by atoms with Gasteiger partial charge in [0.15, 0.2) is 0 Å². The summed E-state index contributed by atoms with van der Waals surface area (Å²) in [6.45, 7) is 1.62. The lowest BCUT2D eigenvalue weighted by atomic mass is 10.2. The van der Waals surface area contributed by atoms with Gasteiger partial charge in [-0.2, -0.15) is 0 Å². The van der Waals surface area contributed by atoms with Crippen LogP contribution in [0.5, 0.6) is 0 Å². The van der Waals surface area contributed by atoms with Gasteiger partial charge < -0.3 is 28.4 Å². The lowest BCUT2D eigenvalue weighted by Gasteiger charge is -2.07. The van der Waals surface area contributed by atoms with Crippen LogP contribution in [0.25, 0.3) is 0 Å². The molecule has 0 spiro atoms. The lowest BCUT2D eigenvalue weighted by Crippen LogP contribution is -2.14. The first-order valence-corrected chi connectivity index (χ1v) is 12.2. The Morgan fingerprint density at radius 2 is 0.972 bits per heavy atom. The van der Waals surface area contributed by atoms with Crippen LogP contribution in [-0.4, -0.2) is 70.6 Å². The standard InChI is InChI=1S/C26H38O10/c1-31-15-16-32-17-18-33-23(27)11-5-6-12-24(28)34-19-20-35-25(29)13-7-8-14-26(30)36-21-22-9-3-2-4-10-22/h2-4,9-10H,5-8,11-21H2,1H3. The largest absolute Gasteiger partial charge is 0.463 e. The molecule has 10 nitrogen and oxygen atoms in total. The van der Waals surface area contributed by atoms with Gasteiger partial charge in [-0.15, -0.1) is 0 Å². The molecular weight excluding hydrogens is 472 g/mol. The molecule has 0 amide bonds. The average Bonchev–Trinajstić information content (AvgIpc) is 2.88. The summed E-state index contributed by atoms with van der Waals surface area (Å²) in [4.78, 5) is 46.7. The topological polar surface area (TPSA) is 124 Å². The van der Waals surface area contributed by atoms with Crippen LogP contribution in [0.2, 0.25) is 0 Å². The average molecular weight is 511 g/mol. The molecule has 0 atom stereocenters. The number of unbranched alkanes of at least 4 members (excludes halogenated alkanes) is 2. The summed E-state index contributed by atoms with van der Waals surface area (Å²) in [5.74, 6) is -1.47. The van der Waals surface area contributed by atoms with Crippen molar-refractivity contribution in [3.8, 4) is 0 Å². The highest BCUT2D eigenvalue weighted by molar-refractivity contribution is 5.71. The Balaban J connectivity index is 1.90. The van der Waals surface area contributed by atoms with E-state index in [-0.39, 0.29) is 64.0 Å². The minimum atomic E-state index is -0.417. The zero-order valence-corrected chi connectivity index (χ0v) is 21.1. The first-order valence-electron chi connectivity index (χ1n) is 12.2. The van der Waals surface area contributed by atoms with Crippen molar-refractivity contribution in [2.45, 2.75) is 58.0 Å². The van der Waals surface area contributed by atoms with Crippen molar-refractivity contribution in [3.05, 3.63) is 35.9 Å². The van der Waals surface area contributed by atoms with Gasteiger partial charge in [0, 0.05) is 32.8 Å². The van der Waals surface area contributed by atoms with Crippen molar-refractivity contribution in [2.75, 3.05) is 46.8 Å². The molecule has 0 bridgehead atoms. The number of ether oxygens (including phenoxy) is 6. The van der Waals surface area contributed by atoms with Crippen LogP contribution in [-0.2, 0) is 54.2 Å². The summed E-state index contributed by atoms with van der Waals surface area (Å²) in [5, 5.41) is 0. The molecule has 0 fully saturated rings. The van der Waals surface area contributed by atoms with Gasteiger partial charge in [0.1, 0.15) is 26.4 Å². The lowest BCUT2D eigenvalue weighted by molar-refractivity contribution is -0.152. The van der Waals surface area contributed by atoms with Crippen LogP contribution in [0.4, 0.5) is 0 Å². The van der Waals surface area contributed by atoms with Gasteiger partial charge in [-0.25, -0.2) is 0 Å². The maximum Gasteiger partial charge on any atom is 0.306 e. The number of esters is 4. The van der Waals surface area contributed by atoms with Gasteiger partial charge in [0.25, 0.3) is 0 Å². The highest BCUT2D eigenvalue weighted by atomic mass is 16.6. The summed E-state index contributed by atoms with van der Waals surface area (Å²) in [7, 11) is 1.58. The number of benzene rings is 1. The van der Waals surface area contributed by atoms with Gasteiger partial charge in [-0.05, 0) is 31.2 Å². The molecule has 0 heterocycles. The number of rotatable bonds is 21. The van der Waals surface area contributed by atoms with E-state index < -0.39 is 11.9 Å². The Morgan fingerprint density at radius 1 is 0.556 bits per heavy atom. The molecule has 10 heteroatoms. The summed E-state index contributed by atoms with van der Waals surface area (Å²) < 4.78 is 30.2. The minimum Gasteiger partial charge on any atom is -0.463 e. The van der Waals surface area contributed by atoms with Crippen LogP contribution in [0.1, 0.15) is 56.9 Å². The SMILES string of the molecule is COCCOCCOC(=O)CCCCC(=O)OCCOC(=O)CCCCC(=O)OCc1ccccc1. The summed E-state index contributed by atoms with van der Waals surface area (Å²) in [6.07, 6.45) is 2.82. The third kappa shape index (κ3) is 18.4. The molecule has 202 valence electrons. The molecule has 0 unspecified atom stereocenters. The van der Waals surface area contributed by atoms with E-state index in [4.69, 9.17) is 28.4 Å². The van der Waals surface area contributed by atoms with E-state index in [1.165, 1.54) is 0 Å². The molecule has 0 aliphatic heterocycles. The fourth-order valence-corrected chi connectivity index (χ4v) is 2.87. The fraction of sp³-hybridized carbons (Fsp3) is 0.615. The fourth-order valence-electron chi connectivity index (χ4n) is 2.87. The van der Waals surface area contributed by atoms with Crippen molar-refractivity contribution < 1.29 is 47.6 Å². The molecular formula is C26H38O10. The van der Waals surface area contributed by atoms with E-state index in [0.29, 0.717) is 45.5 Å². The Hall–Kier alpha value is -2.98. The zero-order valence-electron chi connectivity index (χ0n) is 21.1. The summed E-state index contributed by atoms with van der Waals surface area (Å²) in [6, 6.07) is 9.41. The number of carbonyl (C=O) groups excluding carboxylic acids is 4. The first kappa shape index (κ1) is 31.1. The Kier molecular flexibility index (Phi) is 18.4. The zero-order chi connectivity index (χ0) is 26.3. The normalized spacial score (nSPS) is 10.5. The molecule has 0 aliphatic rings. The number of methoxy groups -OCH3 is 1. The maximum absolute atomic E-state index is 11.7. The van der Waals surface area contributed by atoms with Crippen LogP contribution < -0.4 is 0 Å². The molecule has 0 saturated carbocycles. The highest BCUT2D eigenvalue weighted by Gasteiger charge is 2.09. The molecule has 0 aromatic heterocycles. The Bertz CT molecular complexity index is 750. The first-order chi connectivity index (χ1) is 17.5. The Morgan fingerprint density at radius 3 is 1.44 bits per heavy atom. The molecule has 0 N–H and O–H groups in total. The predicted octanol–water partition coefficient (Wildman–Crippen LogP) is 3.14. The van der Waals surface area contributed by atoms with Gasteiger partial charge in [0.2, 0.25) is 0 Å². The van der Waals surface area contributed by atoms with Gasteiger partial charge in [0.05, 0.1) is 19.8 Å². The smallest absolute Gasteiger partial charge is 0.306 e. The van der Waals surface area contributed by atoms with Crippen molar-refractivity contribution in [2.24, 2.45) is 0 Å². The van der Waals surface area contributed by atoms with Crippen LogP contribution >= 0.6 is 0 Å². The second-order valence-electron chi connectivity index (χ2n) is 7.83. The molecule has 0 radical (unpaired) electrons. The maximum atomic E-state index is 11.7. The second-order valence-corrected chi connectivity index (χ2v) is 7.83. The molecule has 1 rings (SSSR count). The van der Waals surface area contributed by atoms with Gasteiger partial charge in [-0.1, -0.05) is 30.3 Å². The summed E-state index contributed by atoms with van der Waals surface area (Å²) in [5.41, 5.74) is 0.923. The third-order valence-electron chi connectivity index (χ3n) is 4.80. The number of hydrogen-bond acceptors (Lipinski definition) is 10. The highest BCUT2D eigenvalue weighted by Crippen LogP contribution is 2.06. The van der Waals surface area contributed by atoms with Crippen molar-refractivity contribution in [3.63, 3.8) is 0 Å². The molecule has 1 aromatic rings. The van der Waals surface area contributed by atoms with Crippen molar-refractivity contribution in [1.82, 2.24) is 0 Å². The van der Waals surface area contributed by atoms with E-state index in [9.17, 15) is 19.2 Å². The van der Waals surface area contributed by atoms with E-state index in [2.05, 4.69) is 0 Å². The second kappa shape index (κ2) is 21.3.